The number of hydrogen-bond acceptors (Lipinski definition) is 4. The van der Waals surface area contributed by atoms with Crippen LogP contribution in [0.5, 0.6) is 0 Å². The normalized spacial score (nSPS) is 18.0. The molecule has 0 radical (unpaired) electrons. The van der Waals surface area contributed by atoms with E-state index in [-0.39, 0.29) is 12.6 Å². The minimum Gasteiger partial charge on any atom is -0.395 e. The molecule has 1 aromatic heterocycles. The van der Waals surface area contributed by atoms with Crippen LogP contribution < -0.4 is 5.32 Å². The summed E-state index contributed by atoms with van der Waals surface area (Å²) in [5.74, 6) is 1.34. The smallest absolute Gasteiger partial charge is 0.0959 e. The highest BCUT2D eigenvalue weighted by Crippen LogP contribution is 2.38. The first kappa shape index (κ1) is 14.0. The zero-order valence-electron chi connectivity index (χ0n) is 11.4. The third-order valence-electron chi connectivity index (χ3n) is 3.57. The molecular weight excluding hydrogens is 244 g/mol. The SMILES string of the molecule is CC(C)CC(CO)NCc1cnc(C2CCC2)s1. The van der Waals surface area contributed by atoms with Crippen molar-refractivity contribution < 1.29 is 5.11 Å². The van der Waals surface area contributed by atoms with Gasteiger partial charge in [0, 0.05) is 29.6 Å². The van der Waals surface area contributed by atoms with E-state index in [1.54, 1.807) is 0 Å². The van der Waals surface area contributed by atoms with Gasteiger partial charge in [0.2, 0.25) is 0 Å². The first-order chi connectivity index (χ1) is 8.69. The van der Waals surface area contributed by atoms with E-state index in [4.69, 9.17) is 0 Å². The predicted octanol–water partition coefficient (Wildman–Crippen LogP) is 2.91. The molecule has 1 aliphatic rings. The molecular formula is C14H24N2OS. The molecule has 18 heavy (non-hydrogen) atoms. The van der Waals surface area contributed by atoms with Crippen molar-refractivity contribution in [3.05, 3.63) is 16.1 Å². The highest BCUT2D eigenvalue weighted by molar-refractivity contribution is 7.11. The van der Waals surface area contributed by atoms with Crippen molar-refractivity contribution in [2.75, 3.05) is 6.61 Å². The third kappa shape index (κ3) is 3.77. The number of thiazole rings is 1. The van der Waals surface area contributed by atoms with Gasteiger partial charge >= 0.3 is 0 Å². The van der Waals surface area contributed by atoms with E-state index < -0.39 is 0 Å². The molecule has 0 aliphatic heterocycles. The molecule has 4 heteroatoms. The summed E-state index contributed by atoms with van der Waals surface area (Å²) >= 11 is 1.83. The summed E-state index contributed by atoms with van der Waals surface area (Å²) in [5, 5.41) is 14.1. The van der Waals surface area contributed by atoms with Crippen molar-refractivity contribution in [3.8, 4) is 0 Å². The van der Waals surface area contributed by atoms with Crippen LogP contribution in [0.4, 0.5) is 0 Å². The van der Waals surface area contributed by atoms with Crippen molar-refractivity contribution >= 4 is 11.3 Å². The molecule has 2 N–H and O–H groups in total. The topological polar surface area (TPSA) is 45.1 Å². The molecule has 1 aliphatic carbocycles. The average molecular weight is 268 g/mol. The second-order valence-corrected chi connectivity index (χ2v) is 6.83. The lowest BCUT2D eigenvalue weighted by atomic mass is 9.86. The third-order valence-corrected chi connectivity index (χ3v) is 4.73. The Morgan fingerprint density at radius 1 is 1.50 bits per heavy atom. The molecule has 1 unspecified atom stereocenters. The maximum atomic E-state index is 9.32. The molecule has 1 fully saturated rings. The van der Waals surface area contributed by atoms with Gasteiger partial charge in [0.25, 0.3) is 0 Å². The van der Waals surface area contributed by atoms with E-state index in [0.29, 0.717) is 5.92 Å². The van der Waals surface area contributed by atoms with E-state index in [9.17, 15) is 5.11 Å². The van der Waals surface area contributed by atoms with Gasteiger partial charge in [0.15, 0.2) is 0 Å². The second kappa shape index (κ2) is 6.64. The Kier molecular flexibility index (Phi) is 5.15. The summed E-state index contributed by atoms with van der Waals surface area (Å²) in [7, 11) is 0. The molecule has 0 aromatic carbocycles. The van der Waals surface area contributed by atoms with Crippen LogP contribution >= 0.6 is 11.3 Å². The van der Waals surface area contributed by atoms with Crippen LogP contribution in [0.1, 0.15) is 55.3 Å². The number of aliphatic hydroxyl groups excluding tert-OH is 1. The number of hydrogen-bond donors (Lipinski definition) is 2. The van der Waals surface area contributed by atoms with Gasteiger partial charge in [-0.1, -0.05) is 20.3 Å². The molecule has 3 nitrogen and oxygen atoms in total. The zero-order valence-corrected chi connectivity index (χ0v) is 12.2. The standard InChI is InChI=1S/C14H24N2OS/c1-10(2)6-12(9-17)15-7-13-8-16-14(18-13)11-4-3-5-11/h8,10-12,15,17H,3-7,9H2,1-2H3. The van der Waals surface area contributed by atoms with Gasteiger partial charge in [0.1, 0.15) is 0 Å². The summed E-state index contributed by atoms with van der Waals surface area (Å²) in [6.45, 7) is 5.42. The minimum atomic E-state index is 0.208. The highest BCUT2D eigenvalue weighted by Gasteiger charge is 2.22. The first-order valence-corrected chi connectivity index (χ1v) is 7.79. The summed E-state index contributed by atoms with van der Waals surface area (Å²) in [5.41, 5.74) is 0. The fourth-order valence-corrected chi connectivity index (χ4v) is 3.32. The predicted molar refractivity (Wildman–Crippen MR) is 75.9 cm³/mol. The lowest BCUT2D eigenvalue weighted by molar-refractivity contribution is 0.224. The van der Waals surface area contributed by atoms with Crippen molar-refractivity contribution in [3.63, 3.8) is 0 Å². The zero-order chi connectivity index (χ0) is 13.0. The Bertz CT molecular complexity index is 360. The number of aliphatic hydroxyl groups is 1. The number of nitrogens with one attached hydrogen (secondary N) is 1. The molecule has 0 saturated heterocycles. The number of nitrogens with zero attached hydrogens (tertiary/aromatic N) is 1. The van der Waals surface area contributed by atoms with Crippen LogP contribution in [0.2, 0.25) is 0 Å². The molecule has 1 atom stereocenters. The first-order valence-electron chi connectivity index (χ1n) is 6.98. The quantitative estimate of drug-likeness (QED) is 0.799. The molecule has 0 bridgehead atoms. The Hall–Kier alpha value is -0.450. The van der Waals surface area contributed by atoms with E-state index in [2.05, 4.69) is 24.1 Å². The maximum absolute atomic E-state index is 9.32. The molecule has 1 aromatic rings. The van der Waals surface area contributed by atoms with Crippen LogP contribution in [-0.2, 0) is 6.54 Å². The Labute approximate surface area is 114 Å². The summed E-state index contributed by atoms with van der Waals surface area (Å²) in [4.78, 5) is 5.81. The average Bonchev–Trinajstić information content (AvgIpc) is 2.69. The highest BCUT2D eigenvalue weighted by atomic mass is 32.1. The lowest BCUT2D eigenvalue weighted by Crippen LogP contribution is -2.33. The van der Waals surface area contributed by atoms with Crippen molar-refractivity contribution in [1.29, 1.82) is 0 Å². The van der Waals surface area contributed by atoms with Crippen LogP contribution in [0.3, 0.4) is 0 Å². The van der Waals surface area contributed by atoms with Crippen LogP contribution in [-0.4, -0.2) is 22.7 Å². The molecule has 102 valence electrons. The Balaban J connectivity index is 1.79. The van der Waals surface area contributed by atoms with Gasteiger partial charge in [-0.3, -0.25) is 0 Å². The number of aromatic nitrogens is 1. The fourth-order valence-electron chi connectivity index (χ4n) is 2.28. The van der Waals surface area contributed by atoms with Crippen molar-refractivity contribution in [2.45, 2.75) is 58.0 Å². The summed E-state index contributed by atoms with van der Waals surface area (Å²) < 4.78 is 0. The molecule has 0 spiro atoms. The van der Waals surface area contributed by atoms with E-state index in [0.717, 1.165) is 18.9 Å². The van der Waals surface area contributed by atoms with Crippen LogP contribution in [0.25, 0.3) is 0 Å². The van der Waals surface area contributed by atoms with Gasteiger partial charge in [-0.2, -0.15) is 0 Å². The lowest BCUT2D eigenvalue weighted by Gasteiger charge is -2.22. The van der Waals surface area contributed by atoms with Crippen LogP contribution in [0.15, 0.2) is 6.20 Å². The molecule has 1 heterocycles. The van der Waals surface area contributed by atoms with Crippen molar-refractivity contribution in [2.24, 2.45) is 5.92 Å². The summed E-state index contributed by atoms with van der Waals surface area (Å²) in [6, 6.07) is 0.208. The monoisotopic (exact) mass is 268 g/mol. The molecule has 0 amide bonds. The maximum Gasteiger partial charge on any atom is 0.0959 e. The Morgan fingerprint density at radius 2 is 2.28 bits per heavy atom. The molecule has 1 saturated carbocycles. The van der Waals surface area contributed by atoms with Gasteiger partial charge in [-0.05, 0) is 25.2 Å². The largest absolute Gasteiger partial charge is 0.395 e. The fraction of sp³-hybridized carbons (Fsp3) is 0.786. The molecule has 2 rings (SSSR count). The van der Waals surface area contributed by atoms with Gasteiger partial charge < -0.3 is 10.4 Å². The second-order valence-electron chi connectivity index (χ2n) is 5.68. The Morgan fingerprint density at radius 3 is 2.83 bits per heavy atom. The van der Waals surface area contributed by atoms with E-state index >= 15 is 0 Å². The van der Waals surface area contributed by atoms with Gasteiger partial charge in [-0.25, -0.2) is 4.98 Å². The van der Waals surface area contributed by atoms with Crippen molar-refractivity contribution in [1.82, 2.24) is 10.3 Å². The van der Waals surface area contributed by atoms with Crippen LogP contribution in [0, 0.1) is 5.92 Å². The van der Waals surface area contributed by atoms with E-state index in [1.807, 2.05) is 17.5 Å². The van der Waals surface area contributed by atoms with E-state index in [1.165, 1.54) is 29.1 Å². The minimum absolute atomic E-state index is 0.208. The van der Waals surface area contributed by atoms with Gasteiger partial charge in [0.05, 0.1) is 11.6 Å². The van der Waals surface area contributed by atoms with Gasteiger partial charge in [-0.15, -0.1) is 11.3 Å². The number of rotatable bonds is 7. The summed E-state index contributed by atoms with van der Waals surface area (Å²) in [6.07, 6.45) is 7.00.